The van der Waals surface area contributed by atoms with Gasteiger partial charge in [0, 0.05) is 7.05 Å². The summed E-state index contributed by atoms with van der Waals surface area (Å²) < 4.78 is 0. The van der Waals surface area contributed by atoms with E-state index in [4.69, 9.17) is 5.73 Å². The van der Waals surface area contributed by atoms with Crippen molar-refractivity contribution < 1.29 is 0 Å². The number of hydrazine groups is 2. The number of para-hydroxylation sites is 1. The van der Waals surface area contributed by atoms with E-state index in [2.05, 4.69) is 42.5 Å². The normalized spacial score (nSPS) is 16.1. The Morgan fingerprint density at radius 2 is 2.10 bits per heavy atom. The van der Waals surface area contributed by atoms with Gasteiger partial charge in [-0.25, -0.2) is 0 Å². The maximum atomic E-state index is 5.83. The van der Waals surface area contributed by atoms with Gasteiger partial charge in [-0.15, -0.1) is 5.12 Å². The molecule has 1 aromatic carbocycles. The Bertz CT molecular complexity index is 432. The van der Waals surface area contributed by atoms with Crippen LogP contribution in [0.5, 0.6) is 0 Å². The lowest BCUT2D eigenvalue weighted by atomic mass is 9.91. The molecule has 1 aliphatic heterocycles. The second-order valence-electron chi connectivity index (χ2n) is 5.65. The van der Waals surface area contributed by atoms with Crippen molar-refractivity contribution in [2.45, 2.75) is 46.0 Å². The SMILES string of the molecule is CCCCC(CC)Cc1cccc2c1NN(C)N2CN. The number of benzene rings is 1. The summed E-state index contributed by atoms with van der Waals surface area (Å²) in [4.78, 5) is 0. The van der Waals surface area contributed by atoms with Crippen molar-refractivity contribution in [2.24, 2.45) is 11.7 Å². The molecule has 1 atom stereocenters. The summed E-state index contributed by atoms with van der Waals surface area (Å²) in [5.41, 5.74) is 13.1. The Kier molecular flexibility index (Phi) is 5.26. The van der Waals surface area contributed by atoms with Crippen LogP contribution in [0.1, 0.15) is 45.1 Å². The minimum atomic E-state index is 0.493. The number of fused-ring (bicyclic) bond motifs is 1. The molecule has 0 spiro atoms. The van der Waals surface area contributed by atoms with Crippen molar-refractivity contribution in [2.75, 3.05) is 24.2 Å². The number of hydrogen-bond acceptors (Lipinski definition) is 4. The number of nitrogens with two attached hydrogens (primary N) is 1. The summed E-state index contributed by atoms with van der Waals surface area (Å²) in [6.45, 7) is 5.06. The van der Waals surface area contributed by atoms with Crippen LogP contribution in [0.15, 0.2) is 18.2 Å². The van der Waals surface area contributed by atoms with Gasteiger partial charge in [-0.2, -0.15) is 0 Å². The first-order valence-electron chi connectivity index (χ1n) is 7.81. The van der Waals surface area contributed by atoms with Crippen LogP contribution in [0.2, 0.25) is 0 Å². The largest absolute Gasteiger partial charge is 0.313 e. The molecule has 2 rings (SSSR count). The maximum Gasteiger partial charge on any atom is 0.0834 e. The molecule has 1 unspecified atom stereocenters. The molecule has 3 N–H and O–H groups in total. The van der Waals surface area contributed by atoms with Crippen molar-refractivity contribution in [3.63, 3.8) is 0 Å². The van der Waals surface area contributed by atoms with E-state index in [1.807, 2.05) is 12.2 Å². The van der Waals surface area contributed by atoms with Gasteiger partial charge in [0.1, 0.15) is 0 Å². The summed E-state index contributed by atoms with van der Waals surface area (Å²) in [6, 6.07) is 6.52. The van der Waals surface area contributed by atoms with Crippen molar-refractivity contribution >= 4 is 11.4 Å². The molecule has 0 saturated carbocycles. The van der Waals surface area contributed by atoms with Gasteiger partial charge in [0.25, 0.3) is 0 Å². The van der Waals surface area contributed by atoms with E-state index in [0.717, 1.165) is 12.3 Å². The highest BCUT2D eigenvalue weighted by Gasteiger charge is 2.25. The Hall–Kier alpha value is -1.26. The summed E-state index contributed by atoms with van der Waals surface area (Å²) in [5.74, 6) is 0.778. The minimum absolute atomic E-state index is 0.493. The van der Waals surface area contributed by atoms with Gasteiger partial charge < -0.3 is 5.73 Å². The van der Waals surface area contributed by atoms with Crippen molar-refractivity contribution in [3.05, 3.63) is 23.8 Å². The fourth-order valence-electron chi connectivity index (χ4n) is 2.96. The van der Waals surface area contributed by atoms with Crippen LogP contribution in [0, 0.1) is 5.92 Å². The Morgan fingerprint density at radius 1 is 1.30 bits per heavy atom. The third-order valence-corrected chi connectivity index (χ3v) is 4.27. The molecule has 0 aliphatic carbocycles. The molecule has 0 saturated heterocycles. The molecule has 0 bridgehead atoms. The van der Waals surface area contributed by atoms with E-state index in [0.29, 0.717) is 6.67 Å². The van der Waals surface area contributed by atoms with Gasteiger partial charge in [0.2, 0.25) is 0 Å². The van der Waals surface area contributed by atoms with Gasteiger partial charge in [0.05, 0.1) is 18.0 Å². The van der Waals surface area contributed by atoms with Crippen LogP contribution in [0.4, 0.5) is 11.4 Å². The molecule has 0 aromatic heterocycles. The summed E-state index contributed by atoms with van der Waals surface area (Å²) in [5, 5.41) is 4.03. The smallest absolute Gasteiger partial charge is 0.0834 e. The molecule has 1 heterocycles. The molecule has 1 aliphatic rings. The van der Waals surface area contributed by atoms with Crippen LogP contribution in [-0.2, 0) is 6.42 Å². The molecule has 1 aromatic rings. The molecule has 4 nitrogen and oxygen atoms in total. The highest BCUT2D eigenvalue weighted by atomic mass is 15.8. The maximum absolute atomic E-state index is 5.83. The number of unbranched alkanes of at least 4 members (excludes halogenated alkanes) is 1. The Balaban J connectivity index is 2.16. The van der Waals surface area contributed by atoms with Gasteiger partial charge in [-0.3, -0.25) is 10.4 Å². The number of anilines is 2. The van der Waals surface area contributed by atoms with Gasteiger partial charge >= 0.3 is 0 Å². The Morgan fingerprint density at radius 3 is 2.75 bits per heavy atom. The number of nitrogens with one attached hydrogen (secondary N) is 1. The van der Waals surface area contributed by atoms with E-state index >= 15 is 0 Å². The third kappa shape index (κ3) is 3.07. The topological polar surface area (TPSA) is 44.5 Å². The lowest BCUT2D eigenvalue weighted by molar-refractivity contribution is 0.388. The average molecular weight is 276 g/mol. The van der Waals surface area contributed by atoms with Crippen LogP contribution in [0.25, 0.3) is 0 Å². The van der Waals surface area contributed by atoms with E-state index in [1.165, 1.54) is 42.6 Å². The van der Waals surface area contributed by atoms with E-state index in [-0.39, 0.29) is 0 Å². The minimum Gasteiger partial charge on any atom is -0.313 e. The third-order valence-electron chi connectivity index (χ3n) is 4.27. The second kappa shape index (κ2) is 6.95. The molecule has 0 radical (unpaired) electrons. The van der Waals surface area contributed by atoms with Gasteiger partial charge in [-0.05, 0) is 24.0 Å². The Labute approximate surface area is 122 Å². The van der Waals surface area contributed by atoms with Crippen LogP contribution < -0.4 is 16.2 Å². The quantitative estimate of drug-likeness (QED) is 0.801. The van der Waals surface area contributed by atoms with Crippen LogP contribution in [0.3, 0.4) is 0 Å². The zero-order valence-electron chi connectivity index (χ0n) is 13.0. The molecular formula is C16H28N4. The summed E-state index contributed by atoms with van der Waals surface area (Å²) >= 11 is 0. The number of hydrogen-bond donors (Lipinski definition) is 2. The fourth-order valence-corrected chi connectivity index (χ4v) is 2.96. The monoisotopic (exact) mass is 276 g/mol. The zero-order valence-corrected chi connectivity index (χ0v) is 13.0. The predicted molar refractivity (Wildman–Crippen MR) is 86.4 cm³/mol. The van der Waals surface area contributed by atoms with Crippen molar-refractivity contribution in [1.82, 2.24) is 5.12 Å². The fraction of sp³-hybridized carbons (Fsp3) is 0.625. The van der Waals surface area contributed by atoms with Gasteiger partial charge in [-0.1, -0.05) is 51.7 Å². The summed E-state index contributed by atoms with van der Waals surface area (Å²) in [7, 11) is 2.00. The van der Waals surface area contributed by atoms with Crippen LogP contribution in [-0.4, -0.2) is 18.8 Å². The molecular weight excluding hydrogens is 248 g/mol. The van der Waals surface area contributed by atoms with E-state index in [1.54, 1.807) is 0 Å². The lowest BCUT2D eigenvalue weighted by Crippen LogP contribution is -2.41. The standard InChI is InChI=1S/C16H28N4/c1-4-6-8-13(5-2)11-14-9-7-10-15-16(14)18-19(3)20(15)12-17/h7,9-10,13,18H,4-6,8,11-12,17H2,1-3H3. The molecule has 4 heteroatoms. The first-order valence-corrected chi connectivity index (χ1v) is 7.81. The molecule has 112 valence electrons. The highest BCUT2D eigenvalue weighted by molar-refractivity contribution is 5.76. The van der Waals surface area contributed by atoms with Crippen LogP contribution >= 0.6 is 0 Å². The predicted octanol–water partition coefficient (Wildman–Crippen LogP) is 3.36. The number of nitrogens with zero attached hydrogens (tertiary/aromatic N) is 2. The van der Waals surface area contributed by atoms with Gasteiger partial charge in [0.15, 0.2) is 0 Å². The zero-order chi connectivity index (χ0) is 14.5. The van der Waals surface area contributed by atoms with Crippen molar-refractivity contribution in [1.29, 1.82) is 0 Å². The van der Waals surface area contributed by atoms with E-state index < -0.39 is 0 Å². The average Bonchev–Trinajstić information content (AvgIpc) is 2.79. The molecule has 20 heavy (non-hydrogen) atoms. The van der Waals surface area contributed by atoms with E-state index in [9.17, 15) is 0 Å². The highest BCUT2D eigenvalue weighted by Crippen LogP contribution is 2.37. The number of rotatable bonds is 7. The molecule has 0 amide bonds. The summed E-state index contributed by atoms with van der Waals surface area (Å²) in [6.07, 6.45) is 6.34. The first kappa shape index (κ1) is 15.1. The second-order valence-corrected chi connectivity index (χ2v) is 5.65. The first-order chi connectivity index (χ1) is 9.71. The lowest BCUT2D eigenvalue weighted by Gasteiger charge is -2.23. The van der Waals surface area contributed by atoms with Crippen molar-refractivity contribution in [3.8, 4) is 0 Å². The molecule has 0 fully saturated rings.